The van der Waals surface area contributed by atoms with E-state index in [1.807, 2.05) is 0 Å². The standard InChI is InChI=1S/C38H67N13O11/c1-18(2)11-24(33(57)50-28(16-53)35(59)48-26(37(61)62)13-22-14-42-17-44-22)46-32(56)25(12-19(3)4)47-36(60)29(20(5)6)51-30(54)21(7)45-34(58)27(15-52)49-31(55)23(39)9-8-10-43-38(40)41/h14,17-21,23-29,52-53H,8-13,15-16,39H2,1-7H3,(H,42,44)(H,45,58)(H,46,56)(H,47,60)(H,48,59)(H,49,55)(H,50,57)(H,51,54)(H,61,62)(H4,40,41,43)/t21-,23-,24-,25-,26-,27-,28-,29-/m0/s1. The number of hydrogen-bond donors (Lipinski definition) is 14. The number of aliphatic imine (C=N–C) groups is 1. The molecule has 0 aliphatic rings. The summed E-state index contributed by atoms with van der Waals surface area (Å²) in [6.07, 6.45) is 3.26. The van der Waals surface area contributed by atoms with E-state index in [9.17, 15) is 53.7 Å². The smallest absolute Gasteiger partial charge is 0.326 e. The van der Waals surface area contributed by atoms with Gasteiger partial charge in [0.2, 0.25) is 41.4 Å². The fourth-order valence-electron chi connectivity index (χ4n) is 5.81. The number of amides is 7. The van der Waals surface area contributed by atoms with Crippen LogP contribution >= 0.6 is 0 Å². The van der Waals surface area contributed by atoms with Crippen molar-refractivity contribution >= 4 is 53.3 Å². The fraction of sp³-hybridized carbons (Fsp3) is 0.684. The van der Waals surface area contributed by atoms with Crippen LogP contribution in [0.2, 0.25) is 0 Å². The zero-order valence-electron chi connectivity index (χ0n) is 36.4. The Bertz CT molecular complexity index is 1670. The molecule has 0 saturated heterocycles. The maximum atomic E-state index is 13.8. The van der Waals surface area contributed by atoms with Crippen molar-refractivity contribution < 1.29 is 53.7 Å². The van der Waals surface area contributed by atoms with Crippen molar-refractivity contribution in [2.24, 2.45) is 39.9 Å². The number of carboxylic acid groups (broad SMARTS) is 1. The van der Waals surface area contributed by atoms with E-state index in [0.717, 1.165) is 0 Å². The summed E-state index contributed by atoms with van der Waals surface area (Å²) in [7, 11) is 0. The summed E-state index contributed by atoms with van der Waals surface area (Å²) < 4.78 is 0. The number of hydrogen-bond acceptors (Lipinski definition) is 13. The number of aromatic amines is 1. The molecule has 0 radical (unpaired) electrons. The zero-order valence-corrected chi connectivity index (χ0v) is 36.4. The van der Waals surface area contributed by atoms with Crippen LogP contribution in [0.5, 0.6) is 0 Å². The molecule has 0 bridgehead atoms. The van der Waals surface area contributed by atoms with Gasteiger partial charge in [-0.15, -0.1) is 0 Å². The third-order valence-electron chi connectivity index (χ3n) is 9.21. The van der Waals surface area contributed by atoms with Crippen molar-refractivity contribution in [3.63, 3.8) is 0 Å². The maximum absolute atomic E-state index is 13.8. The van der Waals surface area contributed by atoms with E-state index in [4.69, 9.17) is 17.2 Å². The number of aliphatic hydroxyl groups is 2. The molecule has 24 nitrogen and oxygen atoms in total. The Labute approximate surface area is 360 Å². The molecule has 8 atom stereocenters. The molecule has 7 amide bonds. The molecule has 0 aromatic carbocycles. The highest BCUT2D eigenvalue weighted by atomic mass is 16.4. The van der Waals surface area contributed by atoms with Crippen molar-refractivity contribution in [3.8, 4) is 0 Å². The highest BCUT2D eigenvalue weighted by Gasteiger charge is 2.35. The molecule has 1 aromatic heterocycles. The van der Waals surface area contributed by atoms with Gasteiger partial charge in [0.1, 0.15) is 42.3 Å². The lowest BCUT2D eigenvalue weighted by atomic mass is 9.98. The molecular formula is C38H67N13O11. The number of imidazole rings is 1. The molecule has 0 aliphatic carbocycles. The number of nitrogens with one attached hydrogen (secondary N) is 8. The number of aliphatic carboxylic acids is 1. The topological polar surface area (TPSA) is 401 Å². The monoisotopic (exact) mass is 882 g/mol. The van der Waals surface area contributed by atoms with Gasteiger partial charge >= 0.3 is 5.97 Å². The second kappa shape index (κ2) is 27.1. The van der Waals surface area contributed by atoms with Gasteiger partial charge in [0.05, 0.1) is 25.6 Å². The number of guanidine groups is 1. The lowest BCUT2D eigenvalue weighted by Crippen LogP contribution is -2.61. The molecule has 0 unspecified atom stereocenters. The number of aromatic nitrogens is 2. The highest BCUT2D eigenvalue weighted by Crippen LogP contribution is 2.12. The molecule has 1 aromatic rings. The Kier molecular flexibility index (Phi) is 23.7. The third-order valence-corrected chi connectivity index (χ3v) is 9.21. The van der Waals surface area contributed by atoms with Gasteiger partial charge in [-0.2, -0.15) is 0 Å². The van der Waals surface area contributed by atoms with Gasteiger partial charge in [0, 0.05) is 24.9 Å². The van der Waals surface area contributed by atoms with Gasteiger partial charge in [0.25, 0.3) is 0 Å². The minimum atomic E-state index is -1.59. The largest absolute Gasteiger partial charge is 0.480 e. The minimum Gasteiger partial charge on any atom is -0.480 e. The lowest BCUT2D eigenvalue weighted by molar-refractivity contribution is -0.142. The molecule has 62 heavy (non-hydrogen) atoms. The first-order chi connectivity index (χ1) is 29.0. The van der Waals surface area contributed by atoms with Crippen LogP contribution in [0.15, 0.2) is 17.5 Å². The predicted molar refractivity (Wildman–Crippen MR) is 225 cm³/mol. The second-order valence-electron chi connectivity index (χ2n) is 16.1. The van der Waals surface area contributed by atoms with Gasteiger partial charge in [-0.05, 0) is 50.4 Å². The van der Waals surface area contributed by atoms with Gasteiger partial charge in [-0.25, -0.2) is 9.78 Å². The van der Waals surface area contributed by atoms with E-state index in [1.54, 1.807) is 41.5 Å². The highest BCUT2D eigenvalue weighted by molar-refractivity contribution is 5.97. The molecular weight excluding hydrogens is 814 g/mol. The normalized spacial score (nSPS) is 15.1. The van der Waals surface area contributed by atoms with Crippen molar-refractivity contribution in [2.45, 2.75) is 129 Å². The second-order valence-corrected chi connectivity index (χ2v) is 16.1. The molecule has 0 spiro atoms. The van der Waals surface area contributed by atoms with Crippen LogP contribution in [0.4, 0.5) is 0 Å². The Morgan fingerprint density at radius 1 is 0.661 bits per heavy atom. The minimum absolute atomic E-state index is 0.0693. The number of carboxylic acids is 1. The quantitative estimate of drug-likeness (QED) is 0.0215. The average Bonchev–Trinajstić information content (AvgIpc) is 3.70. The van der Waals surface area contributed by atoms with Crippen LogP contribution in [0, 0.1) is 17.8 Å². The first-order valence-corrected chi connectivity index (χ1v) is 20.4. The SMILES string of the molecule is CC(C)C[C@H](NC(=O)[C@H](CC(C)C)NC(=O)[C@@H](NC(=O)[C@H](C)NC(=O)[C@H](CO)NC(=O)[C@@H](N)CCCN=C(N)N)C(C)C)C(=O)N[C@@H](CO)C(=O)N[C@@H](Cc1cnc[nH]1)C(=O)O. The molecule has 1 rings (SSSR count). The van der Waals surface area contributed by atoms with Crippen molar-refractivity contribution in [1.82, 2.24) is 47.2 Å². The molecule has 17 N–H and O–H groups in total. The van der Waals surface area contributed by atoms with Crippen LogP contribution in [0.25, 0.3) is 0 Å². The molecule has 1 heterocycles. The fourth-order valence-corrected chi connectivity index (χ4v) is 5.81. The Morgan fingerprint density at radius 2 is 1.13 bits per heavy atom. The summed E-state index contributed by atoms with van der Waals surface area (Å²) >= 11 is 0. The lowest BCUT2D eigenvalue weighted by Gasteiger charge is -2.29. The molecule has 24 heteroatoms. The molecule has 0 fully saturated rings. The third kappa shape index (κ3) is 19.7. The molecule has 0 saturated carbocycles. The summed E-state index contributed by atoms with van der Waals surface area (Å²) in [6, 6.07) is -10.5. The number of aliphatic hydroxyl groups excluding tert-OH is 2. The van der Waals surface area contributed by atoms with Gasteiger partial charge in [-0.3, -0.25) is 38.6 Å². The number of carbonyl (C=O) groups is 8. The van der Waals surface area contributed by atoms with E-state index in [0.29, 0.717) is 12.1 Å². The summed E-state index contributed by atoms with van der Waals surface area (Å²) in [6.45, 7) is 10.2. The number of nitrogens with two attached hydrogens (primary N) is 3. The van der Waals surface area contributed by atoms with E-state index >= 15 is 0 Å². The summed E-state index contributed by atoms with van der Waals surface area (Å²) in [5, 5.41) is 46.6. The Balaban J connectivity index is 3.05. The summed E-state index contributed by atoms with van der Waals surface area (Å²) in [5.74, 6) is -8.17. The van der Waals surface area contributed by atoms with Crippen LogP contribution in [0.1, 0.15) is 79.8 Å². The van der Waals surface area contributed by atoms with E-state index in [1.165, 1.54) is 19.4 Å². The van der Waals surface area contributed by atoms with Crippen molar-refractivity contribution in [3.05, 3.63) is 18.2 Å². The number of rotatable bonds is 28. The first-order valence-electron chi connectivity index (χ1n) is 20.4. The maximum Gasteiger partial charge on any atom is 0.326 e. The summed E-state index contributed by atoms with van der Waals surface area (Å²) in [5.41, 5.74) is 16.8. The zero-order chi connectivity index (χ0) is 47.3. The molecule has 350 valence electrons. The summed E-state index contributed by atoms with van der Waals surface area (Å²) in [4.78, 5) is 115. The van der Waals surface area contributed by atoms with Crippen LogP contribution in [-0.4, -0.2) is 147 Å². The Morgan fingerprint density at radius 3 is 1.58 bits per heavy atom. The Hall–Kier alpha value is -5.88. The van der Waals surface area contributed by atoms with Crippen molar-refractivity contribution in [2.75, 3.05) is 19.8 Å². The van der Waals surface area contributed by atoms with Crippen LogP contribution in [-0.2, 0) is 44.8 Å². The van der Waals surface area contributed by atoms with Gasteiger partial charge in [-0.1, -0.05) is 41.5 Å². The number of H-pyrrole nitrogens is 1. The average molecular weight is 882 g/mol. The van der Waals surface area contributed by atoms with E-state index in [2.05, 4.69) is 52.2 Å². The first kappa shape index (κ1) is 54.1. The van der Waals surface area contributed by atoms with E-state index < -0.39 is 115 Å². The number of nitrogens with zero attached hydrogens (tertiary/aromatic N) is 2. The number of carbonyl (C=O) groups excluding carboxylic acids is 7. The van der Waals surface area contributed by atoms with Gasteiger partial charge < -0.3 is 74.7 Å². The molecule has 0 aliphatic heterocycles. The van der Waals surface area contributed by atoms with E-state index in [-0.39, 0.29) is 50.0 Å². The van der Waals surface area contributed by atoms with Crippen molar-refractivity contribution in [1.29, 1.82) is 0 Å². The van der Waals surface area contributed by atoms with Gasteiger partial charge in [0.15, 0.2) is 5.96 Å². The van der Waals surface area contributed by atoms with Crippen LogP contribution < -0.4 is 54.4 Å². The predicted octanol–water partition coefficient (Wildman–Crippen LogP) is -4.44. The van der Waals surface area contributed by atoms with Crippen LogP contribution in [0.3, 0.4) is 0 Å².